The standard InChI is InChI=1S/C14H15NO5/c1-5-10(16)15-8-6-7-9-12(11(8)13(17)18-4)20-14(2,3)19-9/h5-7H,1H2,2-4H3,(H,15,16). The van der Waals surface area contributed by atoms with Crippen LogP contribution >= 0.6 is 0 Å². The fourth-order valence-corrected chi connectivity index (χ4v) is 1.87. The summed E-state index contributed by atoms with van der Waals surface area (Å²) >= 11 is 0. The number of rotatable bonds is 3. The van der Waals surface area contributed by atoms with Gasteiger partial charge in [0.15, 0.2) is 11.5 Å². The van der Waals surface area contributed by atoms with Crippen LogP contribution in [0.15, 0.2) is 24.8 Å². The molecule has 1 heterocycles. The molecule has 1 amide bonds. The number of fused-ring (bicyclic) bond motifs is 1. The third-order valence-electron chi connectivity index (χ3n) is 2.66. The third kappa shape index (κ3) is 2.45. The van der Waals surface area contributed by atoms with Crippen LogP contribution in [0, 0.1) is 0 Å². The summed E-state index contributed by atoms with van der Waals surface area (Å²) in [6.45, 7) is 6.80. The predicted molar refractivity (Wildman–Crippen MR) is 71.9 cm³/mol. The van der Waals surface area contributed by atoms with E-state index in [1.807, 2.05) is 0 Å². The number of methoxy groups -OCH3 is 1. The molecule has 0 atom stereocenters. The summed E-state index contributed by atoms with van der Waals surface area (Å²) in [5, 5.41) is 2.54. The lowest BCUT2D eigenvalue weighted by atomic mass is 10.1. The Labute approximate surface area is 116 Å². The minimum atomic E-state index is -0.883. The summed E-state index contributed by atoms with van der Waals surface area (Å²) in [6.07, 6.45) is 1.11. The molecule has 0 fully saturated rings. The summed E-state index contributed by atoms with van der Waals surface area (Å²) in [5.41, 5.74) is 0.396. The minimum Gasteiger partial charge on any atom is -0.465 e. The van der Waals surface area contributed by atoms with Gasteiger partial charge in [-0.3, -0.25) is 4.79 Å². The number of anilines is 1. The quantitative estimate of drug-likeness (QED) is 0.676. The van der Waals surface area contributed by atoms with Crippen LogP contribution in [0.1, 0.15) is 24.2 Å². The van der Waals surface area contributed by atoms with Crippen LogP contribution in [0.3, 0.4) is 0 Å². The largest absolute Gasteiger partial charge is 0.465 e. The third-order valence-corrected chi connectivity index (χ3v) is 2.66. The van der Waals surface area contributed by atoms with E-state index >= 15 is 0 Å². The van der Waals surface area contributed by atoms with Crippen molar-refractivity contribution in [2.45, 2.75) is 19.6 Å². The molecule has 0 bridgehead atoms. The van der Waals surface area contributed by atoms with Crippen LogP contribution in [0.25, 0.3) is 0 Å². The zero-order valence-corrected chi connectivity index (χ0v) is 11.5. The summed E-state index contributed by atoms with van der Waals surface area (Å²) in [7, 11) is 1.25. The van der Waals surface area contributed by atoms with Gasteiger partial charge in [-0.25, -0.2) is 4.79 Å². The summed E-state index contributed by atoms with van der Waals surface area (Å²) < 4.78 is 15.9. The highest BCUT2D eigenvalue weighted by Gasteiger charge is 2.36. The van der Waals surface area contributed by atoms with E-state index < -0.39 is 17.7 Å². The van der Waals surface area contributed by atoms with Crippen molar-refractivity contribution in [3.05, 3.63) is 30.4 Å². The van der Waals surface area contributed by atoms with Crippen LogP contribution in [-0.4, -0.2) is 24.8 Å². The molecule has 6 nitrogen and oxygen atoms in total. The van der Waals surface area contributed by atoms with E-state index in [-0.39, 0.29) is 17.0 Å². The number of carbonyl (C=O) groups excluding carboxylic acids is 2. The zero-order chi connectivity index (χ0) is 14.9. The lowest BCUT2D eigenvalue weighted by molar-refractivity contribution is -0.111. The van der Waals surface area contributed by atoms with Crippen LogP contribution in [0.4, 0.5) is 5.69 Å². The van der Waals surface area contributed by atoms with E-state index in [0.29, 0.717) is 5.75 Å². The average Bonchev–Trinajstić information content (AvgIpc) is 2.71. The van der Waals surface area contributed by atoms with E-state index in [1.165, 1.54) is 7.11 Å². The Balaban J connectivity index is 2.53. The Hall–Kier alpha value is -2.50. The number of nitrogens with one attached hydrogen (secondary N) is 1. The van der Waals surface area contributed by atoms with Gasteiger partial charge in [0.1, 0.15) is 5.56 Å². The molecule has 0 spiro atoms. The van der Waals surface area contributed by atoms with Gasteiger partial charge in [0.25, 0.3) is 0 Å². The van der Waals surface area contributed by atoms with Gasteiger partial charge in [0.05, 0.1) is 12.8 Å². The smallest absolute Gasteiger partial charge is 0.343 e. The first kappa shape index (κ1) is 13.9. The molecule has 1 aromatic carbocycles. The molecule has 0 unspecified atom stereocenters. The summed E-state index contributed by atoms with van der Waals surface area (Å²) in [6, 6.07) is 3.17. The first-order chi connectivity index (χ1) is 9.38. The van der Waals surface area contributed by atoms with E-state index in [1.54, 1.807) is 26.0 Å². The Morgan fingerprint density at radius 2 is 2.05 bits per heavy atom. The molecule has 0 saturated carbocycles. The van der Waals surface area contributed by atoms with E-state index in [9.17, 15) is 9.59 Å². The molecular formula is C14H15NO5. The molecule has 1 aromatic rings. The second kappa shape index (κ2) is 4.88. The maximum absolute atomic E-state index is 11.9. The van der Waals surface area contributed by atoms with Crippen molar-refractivity contribution in [1.82, 2.24) is 0 Å². The van der Waals surface area contributed by atoms with Crippen LogP contribution in [0.5, 0.6) is 11.5 Å². The summed E-state index contributed by atoms with van der Waals surface area (Å²) in [5.74, 6) is -1.27. The van der Waals surface area contributed by atoms with Crippen molar-refractivity contribution in [1.29, 1.82) is 0 Å². The molecular weight excluding hydrogens is 262 g/mol. The zero-order valence-electron chi connectivity index (χ0n) is 11.5. The Bertz CT molecular complexity index is 591. The van der Waals surface area contributed by atoms with Crippen molar-refractivity contribution >= 4 is 17.6 Å². The number of ether oxygens (including phenoxy) is 3. The number of carbonyl (C=O) groups is 2. The topological polar surface area (TPSA) is 73.9 Å². The van der Waals surface area contributed by atoms with Crippen LogP contribution in [0.2, 0.25) is 0 Å². The molecule has 1 aliphatic heterocycles. The van der Waals surface area contributed by atoms with Crippen LogP contribution < -0.4 is 14.8 Å². The Morgan fingerprint density at radius 3 is 2.65 bits per heavy atom. The molecule has 20 heavy (non-hydrogen) atoms. The number of hydrogen-bond acceptors (Lipinski definition) is 5. The molecule has 1 N–H and O–H groups in total. The average molecular weight is 277 g/mol. The van der Waals surface area contributed by atoms with Gasteiger partial charge in [-0.05, 0) is 18.2 Å². The van der Waals surface area contributed by atoms with Gasteiger partial charge >= 0.3 is 5.97 Å². The van der Waals surface area contributed by atoms with Gasteiger partial charge in [-0.1, -0.05) is 6.58 Å². The first-order valence-electron chi connectivity index (χ1n) is 5.94. The van der Waals surface area contributed by atoms with E-state index in [0.717, 1.165) is 6.08 Å². The molecule has 1 aliphatic rings. The second-order valence-corrected chi connectivity index (χ2v) is 4.60. The van der Waals surface area contributed by atoms with Gasteiger partial charge in [-0.2, -0.15) is 0 Å². The SMILES string of the molecule is C=CC(=O)Nc1ccc2c(c1C(=O)OC)OC(C)(C)O2. The first-order valence-corrected chi connectivity index (χ1v) is 5.94. The van der Waals surface area contributed by atoms with Gasteiger partial charge in [0.2, 0.25) is 11.7 Å². The minimum absolute atomic E-state index is 0.116. The van der Waals surface area contributed by atoms with Gasteiger partial charge in [0, 0.05) is 13.8 Å². The van der Waals surface area contributed by atoms with Crippen molar-refractivity contribution in [3.63, 3.8) is 0 Å². The van der Waals surface area contributed by atoms with Crippen molar-refractivity contribution < 1.29 is 23.8 Å². The van der Waals surface area contributed by atoms with Crippen molar-refractivity contribution in [3.8, 4) is 11.5 Å². The van der Waals surface area contributed by atoms with E-state index in [4.69, 9.17) is 14.2 Å². The maximum atomic E-state index is 11.9. The van der Waals surface area contributed by atoms with Crippen LogP contribution in [-0.2, 0) is 9.53 Å². The highest BCUT2D eigenvalue weighted by Crippen LogP contribution is 2.44. The lowest BCUT2D eigenvalue weighted by Crippen LogP contribution is -2.30. The summed E-state index contributed by atoms with van der Waals surface area (Å²) in [4.78, 5) is 23.4. The number of esters is 1. The Kier molecular flexibility index (Phi) is 3.40. The maximum Gasteiger partial charge on any atom is 0.343 e. The molecule has 0 radical (unpaired) electrons. The molecule has 6 heteroatoms. The van der Waals surface area contributed by atoms with Crippen molar-refractivity contribution in [2.75, 3.05) is 12.4 Å². The van der Waals surface area contributed by atoms with E-state index in [2.05, 4.69) is 11.9 Å². The molecule has 0 saturated heterocycles. The highest BCUT2D eigenvalue weighted by molar-refractivity contribution is 6.06. The van der Waals surface area contributed by atoms with Gasteiger partial charge in [-0.15, -0.1) is 0 Å². The highest BCUT2D eigenvalue weighted by atomic mass is 16.7. The normalized spacial score (nSPS) is 14.6. The molecule has 2 rings (SSSR count). The predicted octanol–water partition coefficient (Wildman–Crippen LogP) is 2.10. The Morgan fingerprint density at radius 1 is 1.35 bits per heavy atom. The second-order valence-electron chi connectivity index (χ2n) is 4.60. The number of benzene rings is 1. The van der Waals surface area contributed by atoms with Crippen molar-refractivity contribution in [2.24, 2.45) is 0 Å². The monoisotopic (exact) mass is 277 g/mol. The number of hydrogen-bond donors (Lipinski definition) is 1. The molecule has 0 aliphatic carbocycles. The fourth-order valence-electron chi connectivity index (χ4n) is 1.87. The molecule has 106 valence electrons. The number of amides is 1. The molecule has 0 aromatic heterocycles. The fraction of sp³-hybridized carbons (Fsp3) is 0.286. The van der Waals surface area contributed by atoms with Gasteiger partial charge < -0.3 is 19.5 Å². The lowest BCUT2D eigenvalue weighted by Gasteiger charge is -2.16.